The van der Waals surface area contributed by atoms with Crippen LogP contribution in [-0.2, 0) is 7.05 Å². The molecule has 4 heteroatoms. The maximum Gasteiger partial charge on any atom is 0.0644 e. The second kappa shape index (κ2) is 3.94. The molecule has 0 amide bonds. The molecule has 0 aromatic carbocycles. The Bertz CT molecular complexity index is 352. The van der Waals surface area contributed by atoms with Gasteiger partial charge in [-0.05, 0) is 26.2 Å². The summed E-state index contributed by atoms with van der Waals surface area (Å²) in [5, 5.41) is 4.43. The van der Waals surface area contributed by atoms with Crippen LogP contribution >= 0.6 is 0 Å². The van der Waals surface area contributed by atoms with Crippen molar-refractivity contribution in [3.05, 3.63) is 17.0 Å². The van der Waals surface area contributed by atoms with Crippen molar-refractivity contribution in [1.29, 1.82) is 0 Å². The average molecular weight is 208 g/mol. The van der Waals surface area contributed by atoms with Crippen LogP contribution in [0.25, 0.3) is 0 Å². The molecule has 84 valence electrons. The van der Waals surface area contributed by atoms with E-state index in [0.717, 1.165) is 18.0 Å². The lowest BCUT2D eigenvalue weighted by Gasteiger charge is -2.16. The van der Waals surface area contributed by atoms with Crippen LogP contribution < -0.4 is 11.3 Å². The molecule has 1 heterocycles. The van der Waals surface area contributed by atoms with E-state index in [1.807, 2.05) is 11.7 Å². The Morgan fingerprint density at radius 1 is 1.53 bits per heavy atom. The quantitative estimate of drug-likeness (QED) is 0.580. The van der Waals surface area contributed by atoms with Crippen LogP contribution in [0.1, 0.15) is 42.3 Å². The van der Waals surface area contributed by atoms with Gasteiger partial charge in [-0.25, -0.2) is 0 Å². The average Bonchev–Trinajstić information content (AvgIpc) is 2.96. The molecule has 2 rings (SSSR count). The number of hydrogen-bond acceptors (Lipinski definition) is 3. The zero-order valence-electron chi connectivity index (χ0n) is 9.75. The Morgan fingerprint density at radius 2 is 2.20 bits per heavy atom. The summed E-state index contributed by atoms with van der Waals surface area (Å²) in [6, 6.07) is 0.270. The molecule has 1 fully saturated rings. The molecule has 1 aliphatic carbocycles. The fourth-order valence-corrected chi connectivity index (χ4v) is 2.25. The zero-order chi connectivity index (χ0) is 11.0. The van der Waals surface area contributed by atoms with Gasteiger partial charge in [0.15, 0.2) is 0 Å². The first-order valence-corrected chi connectivity index (χ1v) is 5.59. The van der Waals surface area contributed by atoms with Crippen molar-refractivity contribution < 1.29 is 0 Å². The van der Waals surface area contributed by atoms with E-state index < -0.39 is 0 Å². The molecule has 1 atom stereocenters. The number of nitrogens with zero attached hydrogens (tertiary/aromatic N) is 2. The molecular formula is C11H20N4. The zero-order valence-corrected chi connectivity index (χ0v) is 9.75. The normalized spacial score (nSPS) is 18.1. The van der Waals surface area contributed by atoms with Crippen molar-refractivity contribution in [3.63, 3.8) is 0 Å². The van der Waals surface area contributed by atoms with E-state index in [1.54, 1.807) is 0 Å². The van der Waals surface area contributed by atoms with Crippen LogP contribution in [0, 0.1) is 19.8 Å². The summed E-state index contributed by atoms with van der Waals surface area (Å²) < 4.78 is 1.93. The highest BCUT2D eigenvalue weighted by Gasteiger charge is 2.28. The van der Waals surface area contributed by atoms with Gasteiger partial charge in [-0.2, -0.15) is 5.10 Å². The summed E-state index contributed by atoms with van der Waals surface area (Å²) in [5.41, 5.74) is 6.53. The highest BCUT2D eigenvalue weighted by Crippen LogP contribution is 2.38. The first-order chi connectivity index (χ1) is 7.13. The van der Waals surface area contributed by atoms with Crippen LogP contribution in [0.2, 0.25) is 0 Å². The van der Waals surface area contributed by atoms with E-state index in [4.69, 9.17) is 5.84 Å². The smallest absolute Gasteiger partial charge is 0.0644 e. The predicted molar refractivity (Wildman–Crippen MR) is 60.1 cm³/mol. The number of nitrogens with two attached hydrogens (primary N) is 1. The molecule has 1 saturated carbocycles. The third-order valence-corrected chi connectivity index (χ3v) is 3.38. The van der Waals surface area contributed by atoms with Gasteiger partial charge >= 0.3 is 0 Å². The molecule has 15 heavy (non-hydrogen) atoms. The van der Waals surface area contributed by atoms with E-state index in [1.165, 1.54) is 24.1 Å². The van der Waals surface area contributed by atoms with E-state index in [0.29, 0.717) is 0 Å². The molecule has 1 aromatic rings. The van der Waals surface area contributed by atoms with Gasteiger partial charge in [-0.3, -0.25) is 16.0 Å². The predicted octanol–water partition coefficient (Wildman–Crippen LogP) is 1.34. The first-order valence-electron chi connectivity index (χ1n) is 5.59. The van der Waals surface area contributed by atoms with E-state index >= 15 is 0 Å². The second-order valence-corrected chi connectivity index (χ2v) is 4.61. The van der Waals surface area contributed by atoms with Crippen LogP contribution in [0.4, 0.5) is 0 Å². The SMILES string of the molecule is Cc1nn(C)c(C)c1C(CC1CC1)NN. The lowest BCUT2D eigenvalue weighted by atomic mass is 10.00. The highest BCUT2D eigenvalue weighted by molar-refractivity contribution is 5.28. The molecule has 0 bridgehead atoms. The number of aryl methyl sites for hydroxylation is 2. The van der Waals surface area contributed by atoms with Gasteiger partial charge in [0.1, 0.15) is 0 Å². The fourth-order valence-electron chi connectivity index (χ4n) is 2.25. The molecule has 1 aromatic heterocycles. The van der Waals surface area contributed by atoms with Crippen molar-refractivity contribution in [2.45, 2.75) is 39.2 Å². The van der Waals surface area contributed by atoms with E-state index in [9.17, 15) is 0 Å². The van der Waals surface area contributed by atoms with Crippen LogP contribution in [0.3, 0.4) is 0 Å². The fraction of sp³-hybridized carbons (Fsp3) is 0.727. The summed E-state index contributed by atoms with van der Waals surface area (Å²) in [7, 11) is 1.98. The van der Waals surface area contributed by atoms with E-state index in [2.05, 4.69) is 24.4 Å². The molecule has 1 aliphatic rings. The molecule has 0 radical (unpaired) electrons. The number of hydrogen-bond donors (Lipinski definition) is 2. The summed E-state index contributed by atoms with van der Waals surface area (Å²) in [4.78, 5) is 0. The summed E-state index contributed by atoms with van der Waals surface area (Å²) in [6.45, 7) is 4.16. The minimum Gasteiger partial charge on any atom is -0.272 e. The number of hydrazine groups is 1. The minimum atomic E-state index is 0.270. The first kappa shape index (κ1) is 10.6. The molecule has 1 unspecified atom stereocenters. The van der Waals surface area contributed by atoms with E-state index in [-0.39, 0.29) is 6.04 Å². The summed E-state index contributed by atoms with van der Waals surface area (Å²) in [5.74, 6) is 6.51. The lowest BCUT2D eigenvalue weighted by Crippen LogP contribution is -2.29. The monoisotopic (exact) mass is 208 g/mol. The molecule has 0 aliphatic heterocycles. The van der Waals surface area contributed by atoms with Gasteiger partial charge in [0, 0.05) is 24.3 Å². The largest absolute Gasteiger partial charge is 0.272 e. The Morgan fingerprint density at radius 3 is 2.60 bits per heavy atom. The van der Waals surface area contributed by atoms with Crippen LogP contribution in [-0.4, -0.2) is 9.78 Å². The molecule has 4 nitrogen and oxygen atoms in total. The Hall–Kier alpha value is -0.870. The van der Waals surface area contributed by atoms with Gasteiger partial charge in [0.2, 0.25) is 0 Å². The number of rotatable bonds is 4. The Kier molecular flexibility index (Phi) is 2.80. The molecular weight excluding hydrogens is 188 g/mol. The minimum absolute atomic E-state index is 0.270. The van der Waals surface area contributed by atoms with Crippen LogP contribution in [0.5, 0.6) is 0 Å². The van der Waals surface area contributed by atoms with Crippen molar-refractivity contribution in [2.75, 3.05) is 0 Å². The van der Waals surface area contributed by atoms with Crippen molar-refractivity contribution in [2.24, 2.45) is 18.8 Å². The van der Waals surface area contributed by atoms with Crippen molar-refractivity contribution in [1.82, 2.24) is 15.2 Å². The Labute approximate surface area is 90.8 Å². The molecule has 0 saturated heterocycles. The topological polar surface area (TPSA) is 55.9 Å². The number of nitrogens with one attached hydrogen (secondary N) is 1. The van der Waals surface area contributed by atoms with Gasteiger partial charge in [-0.15, -0.1) is 0 Å². The van der Waals surface area contributed by atoms with Crippen molar-refractivity contribution in [3.8, 4) is 0 Å². The standard InChI is InChI=1S/C11H20N4/c1-7-11(8(2)15(3)14-7)10(13-12)6-9-4-5-9/h9-10,13H,4-6,12H2,1-3H3. The van der Waals surface area contributed by atoms with Gasteiger partial charge < -0.3 is 0 Å². The second-order valence-electron chi connectivity index (χ2n) is 4.61. The summed E-state index contributed by atoms with van der Waals surface area (Å²) in [6.07, 6.45) is 3.86. The maximum absolute atomic E-state index is 5.64. The maximum atomic E-state index is 5.64. The van der Waals surface area contributed by atoms with Gasteiger partial charge in [0.05, 0.1) is 5.69 Å². The van der Waals surface area contributed by atoms with Crippen LogP contribution in [0.15, 0.2) is 0 Å². The third kappa shape index (κ3) is 2.06. The van der Waals surface area contributed by atoms with Gasteiger partial charge in [-0.1, -0.05) is 12.8 Å². The third-order valence-electron chi connectivity index (χ3n) is 3.38. The van der Waals surface area contributed by atoms with Crippen molar-refractivity contribution >= 4 is 0 Å². The molecule has 0 spiro atoms. The van der Waals surface area contributed by atoms with Gasteiger partial charge in [0.25, 0.3) is 0 Å². The lowest BCUT2D eigenvalue weighted by molar-refractivity contribution is 0.483. The summed E-state index contributed by atoms with van der Waals surface area (Å²) >= 11 is 0. The Balaban J connectivity index is 2.23. The molecule has 3 N–H and O–H groups in total. The number of aromatic nitrogens is 2. The highest BCUT2D eigenvalue weighted by atomic mass is 15.3.